The first-order valence-corrected chi connectivity index (χ1v) is 6.37. The normalized spacial score (nSPS) is 14.7. The fourth-order valence-electron chi connectivity index (χ4n) is 1.55. The molecular formula is C13H8F12O. The molecular weight excluding hydrogens is 400 g/mol. The number of hydrogen-bond acceptors (Lipinski definition) is 1. The summed E-state index contributed by atoms with van der Waals surface area (Å²) in [6, 6.07) is 5.44. The summed E-state index contributed by atoms with van der Waals surface area (Å²) in [6.45, 7) is -2.62. The van der Waals surface area contributed by atoms with E-state index in [0.717, 1.165) is 24.3 Å². The smallest absolute Gasteiger partial charge is 0.384 e. The second kappa shape index (κ2) is 6.72. The lowest BCUT2D eigenvalue weighted by Crippen LogP contribution is -2.69. The number of alkyl halides is 12. The van der Waals surface area contributed by atoms with Crippen LogP contribution in [-0.4, -0.2) is 42.6 Å². The van der Waals surface area contributed by atoms with E-state index in [1.54, 1.807) is 0 Å². The molecule has 1 aromatic carbocycles. The van der Waals surface area contributed by atoms with Crippen LogP contribution < -0.4 is 4.74 Å². The third kappa shape index (κ3) is 3.39. The zero-order valence-corrected chi connectivity index (χ0v) is 12.1. The summed E-state index contributed by atoms with van der Waals surface area (Å²) in [5, 5.41) is 0. The van der Waals surface area contributed by atoms with Crippen molar-refractivity contribution in [2.45, 2.75) is 36.0 Å². The molecule has 0 heterocycles. The molecule has 0 aliphatic rings. The van der Waals surface area contributed by atoms with Gasteiger partial charge in [-0.15, -0.1) is 0 Å². The van der Waals surface area contributed by atoms with E-state index in [4.69, 9.17) is 0 Å². The van der Waals surface area contributed by atoms with Crippen molar-refractivity contribution >= 4 is 0 Å². The Labute approximate surface area is 137 Å². The Bertz CT molecular complexity index is 598. The summed E-state index contributed by atoms with van der Waals surface area (Å²) < 4.78 is 159. The van der Waals surface area contributed by atoms with Gasteiger partial charge in [-0.1, -0.05) is 18.2 Å². The number of ether oxygens (including phenoxy) is 1. The van der Waals surface area contributed by atoms with Crippen molar-refractivity contribution in [3.8, 4) is 5.75 Å². The molecule has 0 spiro atoms. The summed E-state index contributed by atoms with van der Waals surface area (Å²) in [4.78, 5) is 0. The zero-order chi connectivity index (χ0) is 20.6. The van der Waals surface area contributed by atoms with Gasteiger partial charge in [-0.25, -0.2) is 8.78 Å². The highest BCUT2D eigenvalue weighted by Crippen LogP contribution is 2.58. The van der Waals surface area contributed by atoms with Gasteiger partial charge in [0.25, 0.3) is 0 Å². The van der Waals surface area contributed by atoms with Crippen LogP contribution in [0.5, 0.6) is 5.75 Å². The van der Waals surface area contributed by atoms with E-state index in [1.165, 1.54) is 6.07 Å². The standard InChI is InChI=1S/C13H8F12O/c14-8(15)10(18,19)12(22,23)13(24,25)11(20,21)9(16,17)6-26-7-4-2-1-3-5-7/h1-5,8H,6H2. The number of hydrogen-bond donors (Lipinski definition) is 0. The first-order valence-electron chi connectivity index (χ1n) is 6.37. The van der Waals surface area contributed by atoms with Crippen LogP contribution in [0.1, 0.15) is 0 Å². The topological polar surface area (TPSA) is 9.23 Å². The van der Waals surface area contributed by atoms with Crippen molar-refractivity contribution in [3.05, 3.63) is 30.3 Å². The highest BCUT2D eigenvalue weighted by atomic mass is 19.4. The van der Waals surface area contributed by atoms with Gasteiger partial charge >= 0.3 is 36.0 Å². The lowest BCUT2D eigenvalue weighted by atomic mass is 9.94. The van der Waals surface area contributed by atoms with E-state index in [-0.39, 0.29) is 0 Å². The van der Waals surface area contributed by atoms with Crippen LogP contribution in [0.25, 0.3) is 0 Å². The monoisotopic (exact) mass is 408 g/mol. The quantitative estimate of drug-likeness (QED) is 0.516. The van der Waals surface area contributed by atoms with Crippen LogP contribution in [0.4, 0.5) is 52.7 Å². The number of halogens is 12. The Kier molecular flexibility index (Phi) is 5.75. The molecule has 0 saturated heterocycles. The van der Waals surface area contributed by atoms with Crippen LogP contribution in [0.3, 0.4) is 0 Å². The minimum Gasteiger partial charge on any atom is -0.487 e. The maximum atomic E-state index is 13.4. The third-order valence-corrected chi connectivity index (χ3v) is 3.10. The van der Waals surface area contributed by atoms with Crippen molar-refractivity contribution in [1.82, 2.24) is 0 Å². The van der Waals surface area contributed by atoms with Gasteiger partial charge in [-0.2, -0.15) is 43.9 Å². The van der Waals surface area contributed by atoms with Crippen LogP contribution >= 0.6 is 0 Å². The van der Waals surface area contributed by atoms with Crippen LogP contribution in [0.2, 0.25) is 0 Å². The molecule has 0 radical (unpaired) electrons. The Morgan fingerprint density at radius 1 is 0.692 bits per heavy atom. The lowest BCUT2D eigenvalue weighted by Gasteiger charge is -2.38. The molecule has 0 aromatic heterocycles. The zero-order valence-electron chi connectivity index (χ0n) is 12.1. The van der Waals surface area contributed by atoms with E-state index >= 15 is 0 Å². The third-order valence-electron chi connectivity index (χ3n) is 3.10. The van der Waals surface area contributed by atoms with Crippen LogP contribution in [-0.2, 0) is 0 Å². The van der Waals surface area contributed by atoms with Crippen molar-refractivity contribution < 1.29 is 57.4 Å². The van der Waals surface area contributed by atoms with Gasteiger partial charge in [0.1, 0.15) is 5.75 Å². The highest BCUT2D eigenvalue weighted by molar-refractivity contribution is 5.21. The Morgan fingerprint density at radius 2 is 1.15 bits per heavy atom. The molecule has 0 atom stereocenters. The molecule has 1 aromatic rings. The summed E-state index contributed by atoms with van der Waals surface area (Å²) in [5.74, 6) is -35.9. The van der Waals surface area contributed by atoms with Crippen molar-refractivity contribution in [1.29, 1.82) is 0 Å². The molecule has 0 N–H and O–H groups in total. The lowest BCUT2D eigenvalue weighted by molar-refractivity contribution is -0.414. The van der Waals surface area contributed by atoms with Gasteiger partial charge in [-0.05, 0) is 12.1 Å². The van der Waals surface area contributed by atoms with Gasteiger partial charge < -0.3 is 4.74 Å². The first kappa shape index (κ1) is 22.2. The van der Waals surface area contributed by atoms with Crippen molar-refractivity contribution in [3.63, 3.8) is 0 Å². The average Bonchev–Trinajstić information content (AvgIpc) is 2.53. The Balaban J connectivity index is 3.18. The molecule has 150 valence electrons. The maximum absolute atomic E-state index is 13.4. The van der Waals surface area contributed by atoms with Gasteiger partial charge in [0.15, 0.2) is 6.61 Å². The number of rotatable bonds is 8. The number of benzene rings is 1. The molecule has 0 fully saturated rings. The van der Waals surface area contributed by atoms with E-state index < -0.39 is 48.4 Å². The minimum absolute atomic E-state index is 0.559. The molecule has 1 rings (SSSR count). The van der Waals surface area contributed by atoms with Gasteiger partial charge in [0.2, 0.25) is 0 Å². The molecule has 13 heteroatoms. The molecule has 0 unspecified atom stereocenters. The van der Waals surface area contributed by atoms with E-state index in [1.807, 2.05) is 0 Å². The highest BCUT2D eigenvalue weighted by Gasteiger charge is 2.87. The second-order valence-corrected chi connectivity index (χ2v) is 4.95. The predicted molar refractivity (Wildman–Crippen MR) is 62.7 cm³/mol. The molecule has 0 aliphatic heterocycles. The average molecular weight is 408 g/mol. The molecule has 0 aliphatic carbocycles. The fraction of sp³-hybridized carbons (Fsp3) is 0.538. The van der Waals surface area contributed by atoms with Gasteiger partial charge in [0.05, 0.1) is 0 Å². The molecule has 0 bridgehead atoms. The summed E-state index contributed by atoms with van der Waals surface area (Å²) in [7, 11) is 0. The predicted octanol–water partition coefficient (Wildman–Crippen LogP) is 5.51. The van der Waals surface area contributed by atoms with Crippen LogP contribution in [0, 0.1) is 0 Å². The minimum atomic E-state index is -7.54. The second-order valence-electron chi connectivity index (χ2n) is 4.95. The molecule has 26 heavy (non-hydrogen) atoms. The summed E-state index contributed by atoms with van der Waals surface area (Å²) in [5.41, 5.74) is 0. The first-order chi connectivity index (χ1) is 11.5. The van der Waals surface area contributed by atoms with E-state index in [0.29, 0.717) is 0 Å². The van der Waals surface area contributed by atoms with Crippen molar-refractivity contribution in [2.75, 3.05) is 6.61 Å². The maximum Gasteiger partial charge on any atom is 0.384 e. The number of para-hydroxylation sites is 1. The van der Waals surface area contributed by atoms with Gasteiger partial charge in [0, 0.05) is 0 Å². The van der Waals surface area contributed by atoms with E-state index in [2.05, 4.69) is 4.74 Å². The molecule has 0 saturated carbocycles. The summed E-state index contributed by atoms with van der Waals surface area (Å²) in [6.07, 6.45) is -5.52. The summed E-state index contributed by atoms with van der Waals surface area (Å²) >= 11 is 0. The SMILES string of the molecule is FC(F)C(F)(F)C(F)(F)C(F)(F)C(F)(F)C(F)(F)COc1ccccc1. The van der Waals surface area contributed by atoms with Crippen LogP contribution in [0.15, 0.2) is 30.3 Å². The Hall–Kier alpha value is -1.82. The molecule has 0 amide bonds. The largest absolute Gasteiger partial charge is 0.487 e. The van der Waals surface area contributed by atoms with Gasteiger partial charge in [-0.3, -0.25) is 0 Å². The van der Waals surface area contributed by atoms with E-state index in [9.17, 15) is 52.7 Å². The molecule has 1 nitrogen and oxygen atoms in total. The Morgan fingerprint density at radius 3 is 1.58 bits per heavy atom. The fourth-order valence-corrected chi connectivity index (χ4v) is 1.55. The van der Waals surface area contributed by atoms with Crippen molar-refractivity contribution in [2.24, 2.45) is 0 Å².